The number of carbonyl (C=O) groups excluding carboxylic acids is 1. The summed E-state index contributed by atoms with van der Waals surface area (Å²) >= 11 is 0. The first-order valence-corrected chi connectivity index (χ1v) is 11.7. The average Bonchev–Trinajstić information content (AvgIpc) is 3.16. The zero-order valence-electron chi connectivity index (χ0n) is 21.2. The molecule has 0 spiro atoms. The Hall–Kier alpha value is -3.00. The summed E-state index contributed by atoms with van der Waals surface area (Å²) in [4.78, 5) is 11.5. The van der Waals surface area contributed by atoms with E-state index in [2.05, 4.69) is 9.84 Å². The van der Waals surface area contributed by atoms with Gasteiger partial charge in [-0.15, -0.1) is 5.10 Å². The summed E-state index contributed by atoms with van der Waals surface area (Å²) < 4.78 is 56.4. The molecule has 0 saturated carbocycles. The molecule has 1 saturated heterocycles. The molecule has 0 unspecified atom stereocenters. The van der Waals surface area contributed by atoms with Crippen LogP contribution in [-0.4, -0.2) is 82.3 Å². The predicted octanol–water partition coefficient (Wildman–Crippen LogP) is 2.01. The molecular formula is C24H32F2N2O9. The Labute approximate surface area is 212 Å². The van der Waals surface area contributed by atoms with Crippen molar-refractivity contribution < 1.29 is 52.6 Å². The third-order valence-electron chi connectivity index (χ3n) is 5.96. The molecule has 5 atom stereocenters. The molecule has 0 aliphatic carbocycles. The van der Waals surface area contributed by atoms with E-state index in [0.717, 1.165) is 0 Å². The maximum absolute atomic E-state index is 14.7. The summed E-state index contributed by atoms with van der Waals surface area (Å²) in [6, 6.07) is 2.54. The molecule has 13 heteroatoms. The second kappa shape index (κ2) is 12.0. The molecule has 0 amide bonds. The first-order valence-electron chi connectivity index (χ1n) is 11.7. The number of methoxy groups -OCH3 is 1. The topological polar surface area (TPSA) is 142 Å². The van der Waals surface area contributed by atoms with E-state index in [9.17, 15) is 28.9 Å². The fourth-order valence-corrected chi connectivity index (χ4v) is 3.95. The maximum atomic E-state index is 14.7. The molecule has 1 aliphatic rings. The van der Waals surface area contributed by atoms with Gasteiger partial charge in [-0.1, -0.05) is 6.07 Å². The van der Waals surface area contributed by atoms with E-state index in [1.54, 1.807) is 18.5 Å². The number of halogens is 2. The van der Waals surface area contributed by atoms with Crippen molar-refractivity contribution in [3.63, 3.8) is 0 Å². The lowest BCUT2D eigenvalue weighted by molar-refractivity contribution is -0.278. The molecule has 2 aromatic rings. The van der Waals surface area contributed by atoms with Crippen molar-refractivity contribution in [1.82, 2.24) is 9.78 Å². The Morgan fingerprint density at radius 3 is 2.46 bits per heavy atom. The quantitative estimate of drug-likeness (QED) is 0.412. The van der Waals surface area contributed by atoms with Gasteiger partial charge >= 0.3 is 6.16 Å². The van der Waals surface area contributed by atoms with E-state index in [4.69, 9.17) is 18.9 Å². The van der Waals surface area contributed by atoms with Gasteiger partial charge in [0, 0.05) is 23.7 Å². The van der Waals surface area contributed by atoms with Gasteiger partial charge in [0.05, 0.1) is 13.7 Å². The van der Waals surface area contributed by atoms with Crippen LogP contribution in [0.15, 0.2) is 12.1 Å². The van der Waals surface area contributed by atoms with E-state index in [0.29, 0.717) is 11.3 Å². The molecule has 1 aromatic carbocycles. The minimum atomic E-state index is -1.71. The highest BCUT2D eigenvalue weighted by Crippen LogP contribution is 2.32. The van der Waals surface area contributed by atoms with Gasteiger partial charge in [-0.25, -0.2) is 9.18 Å². The van der Waals surface area contributed by atoms with E-state index < -0.39 is 55.1 Å². The van der Waals surface area contributed by atoms with Gasteiger partial charge < -0.3 is 39.0 Å². The Morgan fingerprint density at radius 1 is 1.14 bits per heavy atom. The van der Waals surface area contributed by atoms with Crippen LogP contribution in [0.2, 0.25) is 0 Å². The van der Waals surface area contributed by atoms with E-state index in [1.165, 1.54) is 19.2 Å². The first kappa shape index (κ1) is 28.6. The minimum Gasteiger partial charge on any atom is -0.494 e. The fourth-order valence-electron chi connectivity index (χ4n) is 3.95. The number of aliphatic hydroxyl groups is 3. The number of hydrogen-bond acceptors (Lipinski definition) is 10. The SMILES string of the molecule is CCOC(=O)OC[C@H]1O[C@@H](Oc2nn(C(C)C)c(C)c2Cc2ccc(OC)c(F)c2F)[C@H](O)[C@@H](O)[C@@H]1O. The van der Waals surface area contributed by atoms with Gasteiger partial charge in [0.25, 0.3) is 0 Å². The van der Waals surface area contributed by atoms with Crippen LogP contribution in [-0.2, 0) is 20.6 Å². The molecule has 206 valence electrons. The molecule has 1 aliphatic heterocycles. The van der Waals surface area contributed by atoms with Crippen LogP contribution < -0.4 is 9.47 Å². The van der Waals surface area contributed by atoms with Gasteiger partial charge in [0.1, 0.15) is 31.0 Å². The lowest BCUT2D eigenvalue weighted by Crippen LogP contribution is -2.60. The van der Waals surface area contributed by atoms with Crippen molar-refractivity contribution in [1.29, 1.82) is 0 Å². The number of hydrogen-bond donors (Lipinski definition) is 3. The highest BCUT2D eigenvalue weighted by atomic mass is 19.2. The smallest absolute Gasteiger partial charge is 0.494 e. The molecule has 3 N–H and O–H groups in total. The summed E-state index contributed by atoms with van der Waals surface area (Å²) in [6.07, 6.45) is -8.95. The van der Waals surface area contributed by atoms with Gasteiger partial charge in [0.2, 0.25) is 18.0 Å². The third-order valence-corrected chi connectivity index (χ3v) is 5.96. The highest BCUT2D eigenvalue weighted by Gasteiger charge is 2.46. The zero-order valence-corrected chi connectivity index (χ0v) is 21.2. The normalized spacial score (nSPS) is 23.7. The number of nitrogens with zero attached hydrogens (tertiary/aromatic N) is 2. The Bertz CT molecular complexity index is 1090. The zero-order chi connectivity index (χ0) is 27.4. The largest absolute Gasteiger partial charge is 0.508 e. The number of ether oxygens (including phenoxy) is 5. The molecule has 1 aromatic heterocycles. The number of benzene rings is 1. The summed E-state index contributed by atoms with van der Waals surface area (Å²) in [5.74, 6) is -2.52. The highest BCUT2D eigenvalue weighted by molar-refractivity contribution is 5.59. The molecule has 11 nitrogen and oxygen atoms in total. The van der Waals surface area contributed by atoms with E-state index >= 15 is 0 Å². The molecule has 1 fully saturated rings. The average molecular weight is 531 g/mol. The number of aliphatic hydroxyl groups excluding tert-OH is 3. The monoisotopic (exact) mass is 530 g/mol. The summed E-state index contributed by atoms with van der Waals surface area (Å²) in [6.45, 7) is 6.59. The maximum Gasteiger partial charge on any atom is 0.508 e. The summed E-state index contributed by atoms with van der Waals surface area (Å²) in [7, 11) is 1.23. The standard InChI is InChI=1S/C24H32F2N2O9/c1-6-34-24(32)35-10-16-19(29)20(30)21(31)23(36-16)37-22-14(12(4)28(27-22)11(2)3)9-13-7-8-15(33-5)18(26)17(13)25/h7-8,11,16,19-21,23,29-31H,6,9-10H2,1-5H3/t16-,19-,20+,21-,23+/m1/s1. The molecule has 2 heterocycles. The second-order valence-electron chi connectivity index (χ2n) is 8.77. The summed E-state index contributed by atoms with van der Waals surface area (Å²) in [5.41, 5.74) is 0.984. The van der Waals surface area contributed by atoms with Gasteiger partial charge in [-0.3, -0.25) is 4.68 Å². The molecule has 0 bridgehead atoms. The van der Waals surface area contributed by atoms with E-state index in [-0.39, 0.29) is 36.3 Å². The number of aromatic nitrogens is 2. The molecule has 0 radical (unpaired) electrons. The lowest BCUT2D eigenvalue weighted by atomic mass is 9.99. The minimum absolute atomic E-state index is 0.0100. The Morgan fingerprint density at radius 2 is 1.84 bits per heavy atom. The lowest BCUT2D eigenvalue weighted by Gasteiger charge is -2.39. The van der Waals surface area contributed by atoms with Crippen LogP contribution >= 0.6 is 0 Å². The van der Waals surface area contributed by atoms with Crippen LogP contribution in [0.4, 0.5) is 13.6 Å². The predicted molar refractivity (Wildman–Crippen MR) is 123 cm³/mol. The third kappa shape index (κ3) is 6.12. The Kier molecular flexibility index (Phi) is 9.29. The van der Waals surface area contributed by atoms with Crippen LogP contribution in [0.1, 0.15) is 43.6 Å². The van der Waals surface area contributed by atoms with Crippen molar-refractivity contribution in [2.45, 2.75) is 70.9 Å². The number of rotatable bonds is 9. The van der Waals surface area contributed by atoms with Crippen molar-refractivity contribution in [3.05, 3.63) is 40.6 Å². The van der Waals surface area contributed by atoms with Crippen LogP contribution in [0.5, 0.6) is 11.6 Å². The van der Waals surface area contributed by atoms with Crippen molar-refractivity contribution in [2.24, 2.45) is 0 Å². The van der Waals surface area contributed by atoms with Gasteiger partial charge in [-0.05, 0) is 39.3 Å². The van der Waals surface area contributed by atoms with Gasteiger partial charge in [0.15, 0.2) is 11.6 Å². The molecule has 37 heavy (non-hydrogen) atoms. The van der Waals surface area contributed by atoms with Gasteiger partial charge in [-0.2, -0.15) is 4.39 Å². The fraction of sp³-hybridized carbons (Fsp3) is 0.583. The second-order valence-corrected chi connectivity index (χ2v) is 8.77. The Balaban J connectivity index is 1.89. The first-order chi connectivity index (χ1) is 17.5. The van der Waals surface area contributed by atoms with E-state index in [1.807, 2.05) is 13.8 Å². The van der Waals surface area contributed by atoms with Crippen molar-refractivity contribution >= 4 is 6.16 Å². The molecule has 3 rings (SSSR count). The van der Waals surface area contributed by atoms with Crippen LogP contribution in [0.25, 0.3) is 0 Å². The molecular weight excluding hydrogens is 498 g/mol. The van der Waals surface area contributed by atoms with Crippen LogP contribution in [0.3, 0.4) is 0 Å². The number of carbonyl (C=O) groups is 1. The van der Waals surface area contributed by atoms with Crippen molar-refractivity contribution in [3.8, 4) is 11.6 Å². The van der Waals surface area contributed by atoms with Crippen molar-refractivity contribution in [2.75, 3.05) is 20.3 Å². The summed E-state index contributed by atoms with van der Waals surface area (Å²) in [5, 5.41) is 35.5. The van der Waals surface area contributed by atoms with Crippen LogP contribution in [0, 0.1) is 18.6 Å².